The van der Waals surface area contributed by atoms with E-state index in [4.69, 9.17) is 5.73 Å². The molecule has 0 saturated heterocycles. The highest BCUT2D eigenvalue weighted by Crippen LogP contribution is 2.60. The van der Waals surface area contributed by atoms with Crippen molar-refractivity contribution in [1.82, 2.24) is 4.90 Å². The van der Waals surface area contributed by atoms with Gasteiger partial charge in [0.1, 0.15) is 0 Å². The summed E-state index contributed by atoms with van der Waals surface area (Å²) in [5.74, 6) is 2.58. The van der Waals surface area contributed by atoms with E-state index < -0.39 is 0 Å². The summed E-state index contributed by atoms with van der Waals surface area (Å²) in [6, 6.07) is 0. The number of rotatable bonds is 2. The summed E-state index contributed by atoms with van der Waals surface area (Å²) in [5, 5.41) is 0. The van der Waals surface area contributed by atoms with Crippen LogP contribution in [0.2, 0.25) is 0 Å². The average Bonchev–Trinajstić information content (AvgIpc) is 2.82. The van der Waals surface area contributed by atoms with Crippen molar-refractivity contribution < 1.29 is 0 Å². The third-order valence-electron chi connectivity index (χ3n) is 4.20. The third kappa shape index (κ3) is 0.851. The molecule has 0 aromatic rings. The topological polar surface area (TPSA) is 41.6 Å². The van der Waals surface area contributed by atoms with Crippen LogP contribution in [0.25, 0.3) is 0 Å². The SMILES string of the molecule is C=CCN1C(N)=NCC12CCC1CC12. The Balaban J connectivity index is 1.89. The smallest absolute Gasteiger partial charge is 0.192 e. The van der Waals surface area contributed by atoms with Gasteiger partial charge in [0.2, 0.25) is 0 Å². The molecule has 3 unspecified atom stereocenters. The van der Waals surface area contributed by atoms with Gasteiger partial charge in [0, 0.05) is 6.54 Å². The quantitative estimate of drug-likeness (QED) is 0.661. The second-order valence-corrected chi connectivity index (χ2v) is 4.82. The number of aliphatic imine (C=N–C) groups is 1. The van der Waals surface area contributed by atoms with E-state index in [-0.39, 0.29) is 0 Å². The predicted octanol–water partition coefficient (Wildman–Crippen LogP) is 0.971. The Hall–Kier alpha value is -0.990. The van der Waals surface area contributed by atoms with Crippen LogP contribution in [-0.2, 0) is 0 Å². The highest BCUT2D eigenvalue weighted by atomic mass is 15.4. The largest absolute Gasteiger partial charge is 0.370 e. The maximum Gasteiger partial charge on any atom is 0.192 e. The Labute approximate surface area is 84.7 Å². The van der Waals surface area contributed by atoms with Crippen LogP contribution in [-0.4, -0.2) is 29.5 Å². The second kappa shape index (κ2) is 2.53. The van der Waals surface area contributed by atoms with Crippen molar-refractivity contribution in [3.8, 4) is 0 Å². The van der Waals surface area contributed by atoms with Crippen molar-refractivity contribution in [3.63, 3.8) is 0 Å². The van der Waals surface area contributed by atoms with Crippen molar-refractivity contribution in [2.24, 2.45) is 22.6 Å². The Morgan fingerprint density at radius 3 is 3.14 bits per heavy atom. The molecule has 2 aliphatic carbocycles. The fraction of sp³-hybridized carbons (Fsp3) is 0.727. The van der Waals surface area contributed by atoms with E-state index in [1.165, 1.54) is 19.3 Å². The molecule has 0 amide bonds. The van der Waals surface area contributed by atoms with Gasteiger partial charge in [-0.1, -0.05) is 6.08 Å². The summed E-state index contributed by atoms with van der Waals surface area (Å²) in [6.45, 7) is 5.58. The van der Waals surface area contributed by atoms with Crippen molar-refractivity contribution in [2.75, 3.05) is 13.1 Å². The summed E-state index contributed by atoms with van der Waals surface area (Å²) < 4.78 is 0. The number of nitrogens with zero attached hydrogens (tertiary/aromatic N) is 2. The van der Waals surface area contributed by atoms with Crippen molar-refractivity contribution in [2.45, 2.75) is 24.8 Å². The Morgan fingerprint density at radius 2 is 2.57 bits per heavy atom. The van der Waals surface area contributed by atoms with Crippen LogP contribution < -0.4 is 5.73 Å². The average molecular weight is 191 g/mol. The third-order valence-corrected chi connectivity index (χ3v) is 4.20. The molecule has 2 saturated carbocycles. The van der Waals surface area contributed by atoms with E-state index in [9.17, 15) is 0 Å². The molecule has 0 bridgehead atoms. The molecule has 0 aromatic heterocycles. The van der Waals surface area contributed by atoms with E-state index in [0.717, 1.165) is 30.9 Å². The monoisotopic (exact) mass is 191 g/mol. The molecule has 1 spiro atoms. The van der Waals surface area contributed by atoms with Crippen molar-refractivity contribution in [1.29, 1.82) is 0 Å². The Kier molecular flexibility index (Phi) is 1.50. The summed E-state index contributed by atoms with van der Waals surface area (Å²) in [5.41, 5.74) is 6.22. The second-order valence-electron chi connectivity index (χ2n) is 4.82. The number of guanidine groups is 1. The van der Waals surface area contributed by atoms with Crippen LogP contribution in [0.5, 0.6) is 0 Å². The minimum atomic E-state index is 0.295. The van der Waals surface area contributed by atoms with Gasteiger partial charge in [-0.05, 0) is 31.1 Å². The van der Waals surface area contributed by atoms with E-state index in [1.54, 1.807) is 0 Å². The molecule has 3 heteroatoms. The number of hydrogen-bond acceptors (Lipinski definition) is 3. The molecule has 1 heterocycles. The lowest BCUT2D eigenvalue weighted by Crippen LogP contribution is -2.52. The van der Waals surface area contributed by atoms with Gasteiger partial charge in [0.15, 0.2) is 5.96 Å². The van der Waals surface area contributed by atoms with Gasteiger partial charge in [-0.2, -0.15) is 0 Å². The van der Waals surface area contributed by atoms with Gasteiger partial charge in [-0.25, -0.2) is 0 Å². The first kappa shape index (κ1) is 8.33. The van der Waals surface area contributed by atoms with Crippen LogP contribution in [0, 0.1) is 11.8 Å². The van der Waals surface area contributed by atoms with E-state index in [2.05, 4.69) is 16.5 Å². The molecule has 3 aliphatic rings. The summed E-state index contributed by atoms with van der Waals surface area (Å²) in [4.78, 5) is 6.71. The highest BCUT2D eigenvalue weighted by molar-refractivity contribution is 5.81. The number of fused-ring (bicyclic) bond motifs is 2. The molecule has 76 valence electrons. The first-order valence-corrected chi connectivity index (χ1v) is 5.46. The minimum Gasteiger partial charge on any atom is -0.370 e. The zero-order valence-corrected chi connectivity index (χ0v) is 8.45. The standard InChI is InChI=1S/C11H17N3/c1-2-5-14-10(12)13-7-11(14)4-3-8-6-9(8)11/h2,8-9H,1,3-7H2,(H2,12,13). The van der Waals surface area contributed by atoms with Gasteiger partial charge >= 0.3 is 0 Å². The maximum absolute atomic E-state index is 5.93. The van der Waals surface area contributed by atoms with E-state index in [0.29, 0.717) is 5.54 Å². The van der Waals surface area contributed by atoms with Gasteiger partial charge in [0.05, 0.1) is 12.1 Å². The van der Waals surface area contributed by atoms with Crippen LogP contribution in [0.3, 0.4) is 0 Å². The van der Waals surface area contributed by atoms with Crippen LogP contribution in [0.1, 0.15) is 19.3 Å². The molecule has 0 radical (unpaired) electrons. The first-order chi connectivity index (χ1) is 6.78. The normalized spacial score (nSPS) is 44.0. The molecule has 3 atom stereocenters. The van der Waals surface area contributed by atoms with Crippen LogP contribution in [0.4, 0.5) is 0 Å². The van der Waals surface area contributed by atoms with Crippen LogP contribution >= 0.6 is 0 Å². The number of hydrogen-bond donors (Lipinski definition) is 1. The maximum atomic E-state index is 5.93. The minimum absolute atomic E-state index is 0.295. The number of nitrogens with two attached hydrogens (primary N) is 1. The molecular weight excluding hydrogens is 174 g/mol. The molecule has 1 aliphatic heterocycles. The van der Waals surface area contributed by atoms with E-state index >= 15 is 0 Å². The van der Waals surface area contributed by atoms with Crippen molar-refractivity contribution in [3.05, 3.63) is 12.7 Å². The van der Waals surface area contributed by atoms with Gasteiger partial charge in [-0.15, -0.1) is 6.58 Å². The molecule has 2 N–H and O–H groups in total. The van der Waals surface area contributed by atoms with E-state index in [1.807, 2.05) is 6.08 Å². The molecule has 0 aromatic carbocycles. The molecule has 3 nitrogen and oxygen atoms in total. The summed E-state index contributed by atoms with van der Waals surface area (Å²) >= 11 is 0. The lowest BCUT2D eigenvalue weighted by molar-refractivity contribution is 0.193. The zero-order chi connectivity index (χ0) is 9.76. The van der Waals surface area contributed by atoms with Gasteiger partial charge in [0.25, 0.3) is 0 Å². The summed E-state index contributed by atoms with van der Waals surface area (Å²) in [7, 11) is 0. The molecule has 14 heavy (non-hydrogen) atoms. The molecular formula is C11H17N3. The molecule has 3 rings (SSSR count). The fourth-order valence-corrected chi connectivity index (χ4v) is 3.40. The van der Waals surface area contributed by atoms with Gasteiger partial charge < -0.3 is 10.6 Å². The predicted molar refractivity (Wildman–Crippen MR) is 57.0 cm³/mol. The summed E-state index contributed by atoms with van der Waals surface area (Å²) in [6.07, 6.45) is 5.99. The zero-order valence-electron chi connectivity index (χ0n) is 8.45. The first-order valence-electron chi connectivity index (χ1n) is 5.46. The van der Waals surface area contributed by atoms with Crippen LogP contribution in [0.15, 0.2) is 17.6 Å². The highest BCUT2D eigenvalue weighted by Gasteiger charge is 2.62. The van der Waals surface area contributed by atoms with Crippen molar-refractivity contribution >= 4 is 5.96 Å². The lowest BCUT2D eigenvalue weighted by atomic mass is 9.92. The van der Waals surface area contributed by atoms with Gasteiger partial charge in [-0.3, -0.25) is 4.99 Å². The molecule has 2 fully saturated rings. The Morgan fingerprint density at radius 1 is 1.71 bits per heavy atom. The Bertz CT molecular complexity index is 310. The fourth-order valence-electron chi connectivity index (χ4n) is 3.40. The lowest BCUT2D eigenvalue weighted by Gasteiger charge is -2.37.